The van der Waals surface area contributed by atoms with Crippen LogP contribution in [0, 0.1) is 11.3 Å². The number of fused-ring (bicyclic) bond motifs is 1. The lowest BCUT2D eigenvalue weighted by Crippen LogP contribution is -2.01. The number of aromatic amines is 1. The van der Waals surface area contributed by atoms with Gasteiger partial charge in [0.25, 0.3) is 0 Å². The molecule has 0 aliphatic carbocycles. The normalized spacial score (nSPS) is 10.5. The Balaban J connectivity index is 1.73. The zero-order valence-corrected chi connectivity index (χ0v) is 15.8. The molecule has 0 spiro atoms. The van der Waals surface area contributed by atoms with Crippen LogP contribution in [0.15, 0.2) is 65.7 Å². The predicted molar refractivity (Wildman–Crippen MR) is 110 cm³/mol. The van der Waals surface area contributed by atoms with Gasteiger partial charge in [-0.2, -0.15) is 5.26 Å². The molecule has 2 heterocycles. The van der Waals surface area contributed by atoms with E-state index in [9.17, 15) is 5.26 Å². The molecule has 4 rings (SSSR count). The number of benzene rings is 2. The van der Waals surface area contributed by atoms with Gasteiger partial charge < -0.3 is 15.6 Å². The van der Waals surface area contributed by atoms with Gasteiger partial charge in [0.1, 0.15) is 6.07 Å². The van der Waals surface area contributed by atoms with E-state index in [-0.39, 0.29) is 0 Å². The average molecular weight is 419 g/mol. The summed E-state index contributed by atoms with van der Waals surface area (Å²) in [6.45, 7) is 0.630. The summed E-state index contributed by atoms with van der Waals surface area (Å²) in [5.41, 5.74) is 4.87. The highest BCUT2D eigenvalue weighted by atomic mass is 79.9. The summed E-state index contributed by atoms with van der Waals surface area (Å²) in [6.07, 6.45) is 5.03. The van der Waals surface area contributed by atoms with Crippen LogP contribution in [0.3, 0.4) is 0 Å². The first kappa shape index (κ1) is 17.1. The number of nitrogens with zero attached hydrogens (tertiary/aromatic N) is 3. The number of halogens is 1. The molecule has 0 radical (unpaired) electrons. The molecule has 3 N–H and O–H groups in total. The number of hydrogen-bond donors (Lipinski definition) is 3. The van der Waals surface area contributed by atoms with Gasteiger partial charge in [-0.25, -0.2) is 4.98 Å². The van der Waals surface area contributed by atoms with Crippen molar-refractivity contribution in [2.45, 2.75) is 6.54 Å². The Kier molecular flexibility index (Phi) is 4.73. The molecule has 132 valence electrons. The van der Waals surface area contributed by atoms with Crippen molar-refractivity contribution >= 4 is 43.9 Å². The first-order valence-electron chi connectivity index (χ1n) is 8.29. The fourth-order valence-electron chi connectivity index (χ4n) is 2.81. The third-order valence-corrected chi connectivity index (χ3v) is 4.61. The van der Waals surface area contributed by atoms with Crippen molar-refractivity contribution in [2.75, 3.05) is 10.6 Å². The minimum absolute atomic E-state index is 0.494. The largest absolute Gasteiger partial charge is 0.379 e. The van der Waals surface area contributed by atoms with Gasteiger partial charge in [-0.15, -0.1) is 0 Å². The number of anilines is 3. The molecule has 0 atom stereocenters. The topological polar surface area (TPSA) is 89.4 Å². The Bertz CT molecular complexity index is 1130. The van der Waals surface area contributed by atoms with Crippen LogP contribution in [-0.4, -0.2) is 15.0 Å². The Hall–Kier alpha value is -3.37. The SMILES string of the molecule is N#Cc1cnc2ccc(NCc3cnc[nH]3)cc2c1Nc1cccc(Br)c1. The second-order valence-corrected chi connectivity index (χ2v) is 6.87. The lowest BCUT2D eigenvalue weighted by Gasteiger charge is -2.13. The highest BCUT2D eigenvalue weighted by Crippen LogP contribution is 2.31. The number of rotatable bonds is 5. The number of imidazole rings is 1. The van der Waals surface area contributed by atoms with Gasteiger partial charge in [-0.1, -0.05) is 22.0 Å². The van der Waals surface area contributed by atoms with E-state index in [0.29, 0.717) is 12.1 Å². The van der Waals surface area contributed by atoms with Gasteiger partial charge in [0.2, 0.25) is 0 Å². The zero-order valence-electron chi connectivity index (χ0n) is 14.2. The second kappa shape index (κ2) is 7.48. The summed E-state index contributed by atoms with van der Waals surface area (Å²) in [5.74, 6) is 0. The molecule has 0 unspecified atom stereocenters. The number of pyridine rings is 1. The maximum atomic E-state index is 9.54. The molecule has 4 aromatic rings. The summed E-state index contributed by atoms with van der Waals surface area (Å²) >= 11 is 3.48. The van der Waals surface area contributed by atoms with E-state index in [4.69, 9.17) is 0 Å². The standard InChI is InChI=1S/C20H15BrN6/c21-14-2-1-3-16(6-14)27-20-13(8-22)9-25-19-5-4-15(7-18(19)20)24-11-17-10-23-12-26-17/h1-7,9-10,12,24H,11H2,(H,23,26)(H,25,27). The van der Waals surface area contributed by atoms with Crippen LogP contribution < -0.4 is 10.6 Å². The lowest BCUT2D eigenvalue weighted by atomic mass is 10.1. The van der Waals surface area contributed by atoms with Crippen molar-refractivity contribution < 1.29 is 0 Å². The predicted octanol–water partition coefficient (Wildman–Crippen LogP) is 4.95. The van der Waals surface area contributed by atoms with Crippen molar-refractivity contribution in [2.24, 2.45) is 0 Å². The molecule has 2 aromatic carbocycles. The second-order valence-electron chi connectivity index (χ2n) is 5.96. The van der Waals surface area contributed by atoms with Crippen LogP contribution >= 0.6 is 15.9 Å². The van der Waals surface area contributed by atoms with Crippen LogP contribution in [0.5, 0.6) is 0 Å². The molecule has 0 aliphatic rings. The summed E-state index contributed by atoms with van der Waals surface area (Å²) in [4.78, 5) is 11.5. The van der Waals surface area contributed by atoms with E-state index in [0.717, 1.165) is 38.1 Å². The zero-order chi connectivity index (χ0) is 18.6. The van der Waals surface area contributed by atoms with Gasteiger partial charge in [0.15, 0.2) is 0 Å². The van der Waals surface area contributed by atoms with E-state index in [1.807, 2.05) is 42.5 Å². The molecule has 0 amide bonds. The monoisotopic (exact) mass is 418 g/mol. The highest BCUT2D eigenvalue weighted by molar-refractivity contribution is 9.10. The van der Waals surface area contributed by atoms with Gasteiger partial charge >= 0.3 is 0 Å². The molecule has 0 fully saturated rings. The first-order valence-corrected chi connectivity index (χ1v) is 9.09. The van der Waals surface area contributed by atoms with E-state index in [2.05, 4.69) is 47.6 Å². The smallest absolute Gasteiger partial charge is 0.103 e. The fraction of sp³-hybridized carbons (Fsp3) is 0.0500. The van der Waals surface area contributed by atoms with E-state index < -0.39 is 0 Å². The highest BCUT2D eigenvalue weighted by Gasteiger charge is 2.10. The molecule has 27 heavy (non-hydrogen) atoms. The number of H-pyrrole nitrogens is 1. The Labute approximate surface area is 164 Å². The van der Waals surface area contributed by atoms with E-state index in [1.54, 1.807) is 18.7 Å². The van der Waals surface area contributed by atoms with Crippen LogP contribution in [0.25, 0.3) is 10.9 Å². The molecule has 7 heteroatoms. The van der Waals surface area contributed by atoms with Crippen molar-refractivity contribution in [3.05, 3.63) is 76.9 Å². The summed E-state index contributed by atoms with van der Waals surface area (Å²) in [7, 11) is 0. The van der Waals surface area contributed by atoms with Crippen LogP contribution in [0.4, 0.5) is 17.1 Å². The number of nitrogens with one attached hydrogen (secondary N) is 3. The number of aromatic nitrogens is 3. The minimum atomic E-state index is 0.494. The molecule has 0 saturated heterocycles. The minimum Gasteiger partial charge on any atom is -0.379 e. The maximum Gasteiger partial charge on any atom is 0.103 e. The molecule has 0 aliphatic heterocycles. The average Bonchev–Trinajstić information content (AvgIpc) is 3.20. The van der Waals surface area contributed by atoms with Gasteiger partial charge in [-0.05, 0) is 36.4 Å². The molecular formula is C20H15BrN6. The van der Waals surface area contributed by atoms with Gasteiger partial charge in [0, 0.05) is 33.6 Å². The third-order valence-electron chi connectivity index (χ3n) is 4.12. The summed E-state index contributed by atoms with van der Waals surface area (Å²) in [6, 6.07) is 16.0. The lowest BCUT2D eigenvalue weighted by molar-refractivity contribution is 1.07. The first-order chi connectivity index (χ1) is 13.2. The number of nitriles is 1. The summed E-state index contributed by atoms with van der Waals surface area (Å²) in [5, 5.41) is 17.1. The van der Waals surface area contributed by atoms with Crippen molar-refractivity contribution in [1.29, 1.82) is 5.26 Å². The van der Waals surface area contributed by atoms with Crippen LogP contribution in [0.2, 0.25) is 0 Å². The Morgan fingerprint density at radius 2 is 2.04 bits per heavy atom. The Morgan fingerprint density at radius 3 is 2.81 bits per heavy atom. The van der Waals surface area contributed by atoms with Crippen LogP contribution in [0.1, 0.15) is 11.3 Å². The van der Waals surface area contributed by atoms with E-state index in [1.165, 1.54) is 0 Å². The van der Waals surface area contributed by atoms with Gasteiger partial charge in [0.05, 0.1) is 35.3 Å². The Morgan fingerprint density at radius 1 is 1.11 bits per heavy atom. The quantitative estimate of drug-likeness (QED) is 0.426. The molecule has 6 nitrogen and oxygen atoms in total. The number of hydrogen-bond acceptors (Lipinski definition) is 5. The van der Waals surface area contributed by atoms with Crippen molar-refractivity contribution in [1.82, 2.24) is 15.0 Å². The fourth-order valence-corrected chi connectivity index (χ4v) is 3.21. The maximum absolute atomic E-state index is 9.54. The molecule has 0 bridgehead atoms. The van der Waals surface area contributed by atoms with Crippen LogP contribution in [-0.2, 0) is 6.54 Å². The van der Waals surface area contributed by atoms with Crippen molar-refractivity contribution in [3.63, 3.8) is 0 Å². The summed E-state index contributed by atoms with van der Waals surface area (Å²) < 4.78 is 0.964. The molecule has 0 saturated carbocycles. The molecule has 2 aromatic heterocycles. The van der Waals surface area contributed by atoms with Crippen molar-refractivity contribution in [3.8, 4) is 6.07 Å². The van der Waals surface area contributed by atoms with Gasteiger partial charge in [-0.3, -0.25) is 4.98 Å². The molecular weight excluding hydrogens is 404 g/mol. The third kappa shape index (κ3) is 3.76. The van der Waals surface area contributed by atoms with E-state index >= 15 is 0 Å².